The Morgan fingerprint density at radius 1 is 1.17 bits per heavy atom. The summed E-state index contributed by atoms with van der Waals surface area (Å²) >= 11 is 0. The quantitative estimate of drug-likeness (QED) is 0.402. The average Bonchev–Trinajstić information content (AvgIpc) is 2.58. The van der Waals surface area contributed by atoms with Crippen molar-refractivity contribution in [2.45, 2.75) is 47.0 Å². The largest absolute Gasteiger partial charge is 0.292 e. The fourth-order valence-electron chi connectivity index (χ4n) is 2.38. The van der Waals surface area contributed by atoms with Gasteiger partial charge in [0.1, 0.15) is 5.69 Å². The van der Waals surface area contributed by atoms with Gasteiger partial charge in [-0.05, 0) is 38.8 Å². The summed E-state index contributed by atoms with van der Waals surface area (Å²) in [6.07, 6.45) is 13.6. The fourth-order valence-corrected chi connectivity index (χ4v) is 2.38. The molecule has 1 fully saturated rings. The number of rotatable bonds is 6. The Hall–Kier alpha value is -2.29. The summed E-state index contributed by atoms with van der Waals surface area (Å²) in [5.41, 5.74) is 1.28. The SMILES string of the molecule is CC.C\C=C/C=C\C(=C\C)C(=O)c1cccnc1C(=O)C1CCC1. The summed E-state index contributed by atoms with van der Waals surface area (Å²) in [6.45, 7) is 7.73. The lowest BCUT2D eigenvalue weighted by atomic mass is 9.80. The van der Waals surface area contributed by atoms with Crippen molar-refractivity contribution in [3.8, 4) is 0 Å². The lowest BCUT2D eigenvalue weighted by Crippen LogP contribution is -2.25. The van der Waals surface area contributed by atoms with Gasteiger partial charge in [-0.2, -0.15) is 0 Å². The molecule has 0 aliphatic heterocycles. The van der Waals surface area contributed by atoms with Crippen LogP contribution in [0.4, 0.5) is 0 Å². The first-order valence-electron chi connectivity index (χ1n) is 8.68. The van der Waals surface area contributed by atoms with E-state index in [0.717, 1.165) is 19.3 Å². The van der Waals surface area contributed by atoms with Crippen LogP contribution >= 0.6 is 0 Å². The van der Waals surface area contributed by atoms with E-state index in [1.165, 1.54) is 0 Å². The topological polar surface area (TPSA) is 47.0 Å². The highest BCUT2D eigenvalue weighted by molar-refractivity contribution is 6.16. The van der Waals surface area contributed by atoms with Crippen molar-refractivity contribution in [2.24, 2.45) is 5.92 Å². The molecule has 1 aliphatic rings. The Morgan fingerprint density at radius 2 is 1.88 bits per heavy atom. The fraction of sp³-hybridized carbons (Fsp3) is 0.381. The molecule has 0 saturated heterocycles. The standard InChI is InChI=1S/C19H21NO2.C2H6/c1-3-5-6-9-14(4-2)18(21)16-12-8-13-20-17(16)19(22)15-10-7-11-15;1-2/h3-6,8-9,12-13,15H,7,10-11H2,1-2H3;1-2H3/b5-3-,9-6-,14-4-;. The molecule has 0 aromatic carbocycles. The highest BCUT2D eigenvalue weighted by Crippen LogP contribution is 2.30. The van der Waals surface area contributed by atoms with E-state index in [0.29, 0.717) is 16.8 Å². The van der Waals surface area contributed by atoms with Gasteiger partial charge in [0.05, 0.1) is 5.56 Å². The van der Waals surface area contributed by atoms with Crippen molar-refractivity contribution in [1.29, 1.82) is 0 Å². The number of hydrogen-bond acceptors (Lipinski definition) is 3. The lowest BCUT2D eigenvalue weighted by molar-refractivity contribution is 0.0843. The molecule has 0 N–H and O–H groups in total. The molecule has 128 valence electrons. The number of Topliss-reactive ketones (excluding diaryl/α,β-unsaturated/α-hetero) is 2. The Labute approximate surface area is 145 Å². The average molecular weight is 325 g/mol. The number of nitrogens with zero attached hydrogens (tertiary/aromatic N) is 1. The number of pyridine rings is 1. The minimum Gasteiger partial charge on any atom is -0.292 e. The van der Waals surface area contributed by atoms with Crippen LogP contribution in [-0.2, 0) is 0 Å². The Morgan fingerprint density at radius 3 is 2.42 bits per heavy atom. The van der Waals surface area contributed by atoms with Gasteiger partial charge in [0.2, 0.25) is 0 Å². The molecule has 1 aliphatic carbocycles. The highest BCUT2D eigenvalue weighted by atomic mass is 16.1. The van der Waals surface area contributed by atoms with Gasteiger partial charge < -0.3 is 0 Å². The van der Waals surface area contributed by atoms with Gasteiger partial charge in [-0.1, -0.05) is 50.6 Å². The van der Waals surface area contributed by atoms with E-state index in [1.54, 1.807) is 30.5 Å². The Kier molecular flexibility index (Phi) is 8.63. The van der Waals surface area contributed by atoms with E-state index in [2.05, 4.69) is 4.98 Å². The molecule has 1 aromatic heterocycles. The summed E-state index contributed by atoms with van der Waals surface area (Å²) in [7, 11) is 0. The van der Waals surface area contributed by atoms with Crippen LogP contribution in [-0.4, -0.2) is 16.6 Å². The summed E-state index contributed by atoms with van der Waals surface area (Å²) < 4.78 is 0. The number of hydrogen-bond donors (Lipinski definition) is 0. The molecule has 0 bridgehead atoms. The summed E-state index contributed by atoms with van der Waals surface area (Å²) in [6, 6.07) is 3.39. The molecule has 2 rings (SSSR count). The molecule has 0 unspecified atom stereocenters. The van der Waals surface area contributed by atoms with Crippen LogP contribution in [0.3, 0.4) is 0 Å². The summed E-state index contributed by atoms with van der Waals surface area (Å²) in [4.78, 5) is 29.3. The van der Waals surface area contributed by atoms with Gasteiger partial charge >= 0.3 is 0 Å². The zero-order chi connectivity index (χ0) is 17.9. The van der Waals surface area contributed by atoms with E-state index in [1.807, 2.05) is 45.9 Å². The second kappa shape index (κ2) is 10.5. The maximum absolute atomic E-state index is 12.7. The zero-order valence-corrected chi connectivity index (χ0v) is 15.1. The third kappa shape index (κ3) is 4.85. The molecule has 1 aromatic rings. The van der Waals surface area contributed by atoms with Gasteiger partial charge in [0, 0.05) is 17.7 Å². The molecule has 24 heavy (non-hydrogen) atoms. The molecule has 0 atom stereocenters. The van der Waals surface area contributed by atoms with Crippen molar-refractivity contribution in [2.75, 3.05) is 0 Å². The molecule has 3 nitrogen and oxygen atoms in total. The van der Waals surface area contributed by atoms with Gasteiger partial charge in [0.25, 0.3) is 0 Å². The number of aromatic nitrogens is 1. The normalized spacial score (nSPS) is 15.1. The number of ketones is 2. The van der Waals surface area contributed by atoms with Crippen molar-refractivity contribution in [1.82, 2.24) is 4.98 Å². The van der Waals surface area contributed by atoms with E-state index in [-0.39, 0.29) is 17.5 Å². The first-order chi connectivity index (χ1) is 11.7. The maximum atomic E-state index is 12.7. The molecular weight excluding hydrogens is 298 g/mol. The molecule has 1 saturated carbocycles. The van der Waals surface area contributed by atoms with Crippen LogP contribution in [0.5, 0.6) is 0 Å². The van der Waals surface area contributed by atoms with E-state index in [9.17, 15) is 9.59 Å². The lowest BCUT2D eigenvalue weighted by Gasteiger charge is -2.24. The zero-order valence-electron chi connectivity index (χ0n) is 15.1. The molecule has 0 radical (unpaired) electrons. The predicted molar refractivity (Wildman–Crippen MR) is 99.3 cm³/mol. The van der Waals surface area contributed by atoms with Crippen molar-refractivity contribution < 1.29 is 9.59 Å². The minimum absolute atomic E-state index is 0.00286. The van der Waals surface area contributed by atoms with Crippen molar-refractivity contribution >= 4 is 11.6 Å². The van der Waals surface area contributed by atoms with Crippen LogP contribution in [0.25, 0.3) is 0 Å². The molecular formula is C21H27NO2. The Balaban J connectivity index is 0.00000139. The van der Waals surface area contributed by atoms with Crippen molar-refractivity contribution in [3.05, 3.63) is 65.5 Å². The van der Waals surface area contributed by atoms with Gasteiger partial charge in [-0.25, -0.2) is 0 Å². The molecule has 0 amide bonds. The van der Waals surface area contributed by atoms with E-state index < -0.39 is 0 Å². The van der Waals surface area contributed by atoms with Gasteiger partial charge in [0.15, 0.2) is 11.6 Å². The Bertz CT molecular complexity index is 650. The number of carbonyl (C=O) groups is 2. The van der Waals surface area contributed by atoms with Crippen LogP contribution < -0.4 is 0 Å². The van der Waals surface area contributed by atoms with E-state index in [4.69, 9.17) is 0 Å². The first kappa shape index (κ1) is 19.8. The summed E-state index contributed by atoms with van der Waals surface area (Å²) in [5.74, 6) is -0.115. The molecule has 3 heteroatoms. The van der Waals surface area contributed by atoms with Crippen LogP contribution in [0, 0.1) is 5.92 Å². The van der Waals surface area contributed by atoms with Crippen LogP contribution in [0.2, 0.25) is 0 Å². The monoisotopic (exact) mass is 325 g/mol. The number of carbonyl (C=O) groups excluding carboxylic acids is 2. The second-order valence-electron chi connectivity index (χ2n) is 5.35. The van der Waals surface area contributed by atoms with Crippen LogP contribution in [0.1, 0.15) is 67.8 Å². The third-order valence-corrected chi connectivity index (χ3v) is 3.91. The minimum atomic E-state index is -0.154. The summed E-state index contributed by atoms with van der Waals surface area (Å²) in [5, 5.41) is 0. The molecule has 0 spiro atoms. The smallest absolute Gasteiger partial charge is 0.194 e. The first-order valence-corrected chi connectivity index (χ1v) is 8.68. The molecule has 1 heterocycles. The van der Waals surface area contributed by atoms with E-state index >= 15 is 0 Å². The van der Waals surface area contributed by atoms with Crippen molar-refractivity contribution in [3.63, 3.8) is 0 Å². The maximum Gasteiger partial charge on any atom is 0.194 e. The van der Waals surface area contributed by atoms with Gasteiger partial charge in [-0.15, -0.1) is 0 Å². The second-order valence-corrected chi connectivity index (χ2v) is 5.35. The highest BCUT2D eigenvalue weighted by Gasteiger charge is 2.30. The van der Waals surface area contributed by atoms with Gasteiger partial charge in [-0.3, -0.25) is 14.6 Å². The predicted octanol–water partition coefficient (Wildman–Crippen LogP) is 5.35. The van der Waals surface area contributed by atoms with Crippen LogP contribution in [0.15, 0.2) is 54.3 Å². The third-order valence-electron chi connectivity index (χ3n) is 3.91. The number of allylic oxidation sites excluding steroid dienone is 6.